The van der Waals surface area contributed by atoms with Crippen molar-refractivity contribution in [1.29, 1.82) is 0 Å². The first-order valence-corrected chi connectivity index (χ1v) is 13.7. The fourth-order valence-corrected chi connectivity index (χ4v) is 6.88. The summed E-state index contributed by atoms with van der Waals surface area (Å²) < 4.78 is 7.09. The molecule has 0 fully saturated rings. The number of nitrogens with zero attached hydrogens (tertiary/aromatic N) is 3. The van der Waals surface area contributed by atoms with Crippen LogP contribution in [0, 0.1) is 6.92 Å². The van der Waals surface area contributed by atoms with Crippen molar-refractivity contribution in [1.82, 2.24) is 14.8 Å². The molecule has 3 aromatic rings. The lowest BCUT2D eigenvalue weighted by molar-refractivity contribution is -0.113. The van der Waals surface area contributed by atoms with Crippen LogP contribution in [0.25, 0.3) is 11.4 Å². The van der Waals surface area contributed by atoms with Crippen molar-refractivity contribution in [3.05, 3.63) is 32.3 Å². The van der Waals surface area contributed by atoms with Crippen molar-refractivity contribution in [2.45, 2.75) is 64.1 Å². The molecule has 4 rings (SSSR count). The molecule has 3 aromatic heterocycles. The van der Waals surface area contributed by atoms with Gasteiger partial charge in [-0.25, -0.2) is 4.79 Å². The molecule has 7 nitrogen and oxygen atoms in total. The molecule has 0 aliphatic heterocycles. The summed E-state index contributed by atoms with van der Waals surface area (Å²) in [5.74, 6) is 0.434. The van der Waals surface area contributed by atoms with Crippen LogP contribution < -0.4 is 5.32 Å². The van der Waals surface area contributed by atoms with Crippen molar-refractivity contribution >= 4 is 51.3 Å². The molecule has 176 valence electrons. The molecule has 0 aromatic carbocycles. The summed E-state index contributed by atoms with van der Waals surface area (Å²) in [6, 6.07) is 2.25. The Labute approximate surface area is 206 Å². The molecule has 0 saturated heterocycles. The van der Waals surface area contributed by atoms with Crippen LogP contribution >= 0.6 is 34.4 Å². The Morgan fingerprint density at radius 1 is 1.24 bits per heavy atom. The highest BCUT2D eigenvalue weighted by molar-refractivity contribution is 7.99. The molecule has 0 atom stereocenters. The number of nitrogens with one attached hydrogen (secondary N) is 1. The van der Waals surface area contributed by atoms with Gasteiger partial charge in [0, 0.05) is 26.7 Å². The Morgan fingerprint density at radius 2 is 2.03 bits per heavy atom. The highest BCUT2D eigenvalue weighted by Gasteiger charge is 2.26. The third-order valence-electron chi connectivity index (χ3n) is 5.57. The Kier molecular flexibility index (Phi) is 7.55. The molecule has 0 spiro atoms. The number of fused-ring (bicyclic) bond motifs is 1. The largest absolute Gasteiger partial charge is 0.465 e. The maximum Gasteiger partial charge on any atom is 0.341 e. The van der Waals surface area contributed by atoms with Crippen LogP contribution in [0.4, 0.5) is 5.00 Å². The van der Waals surface area contributed by atoms with Gasteiger partial charge in [0.05, 0.1) is 18.4 Å². The van der Waals surface area contributed by atoms with Crippen LogP contribution in [-0.4, -0.2) is 39.5 Å². The van der Waals surface area contributed by atoms with E-state index in [1.165, 1.54) is 40.0 Å². The van der Waals surface area contributed by atoms with Gasteiger partial charge in [0.15, 0.2) is 11.0 Å². The third kappa shape index (κ3) is 5.17. The zero-order valence-electron chi connectivity index (χ0n) is 19.3. The summed E-state index contributed by atoms with van der Waals surface area (Å²) in [5.41, 5.74) is 2.61. The first-order chi connectivity index (χ1) is 15.9. The van der Waals surface area contributed by atoms with Gasteiger partial charge in [-0.05, 0) is 58.1 Å². The zero-order valence-corrected chi connectivity index (χ0v) is 21.7. The van der Waals surface area contributed by atoms with Gasteiger partial charge >= 0.3 is 5.97 Å². The lowest BCUT2D eigenvalue weighted by atomic mass is 10.1. The van der Waals surface area contributed by atoms with Crippen LogP contribution in [0.3, 0.4) is 0 Å². The molecule has 0 bridgehead atoms. The lowest BCUT2D eigenvalue weighted by Crippen LogP contribution is -2.17. The Morgan fingerprint density at radius 3 is 2.73 bits per heavy atom. The molecular formula is C23H28N4O3S3. The minimum absolute atomic E-state index is 0.152. The van der Waals surface area contributed by atoms with Gasteiger partial charge in [-0.2, -0.15) is 0 Å². The highest BCUT2D eigenvalue weighted by atomic mass is 32.2. The van der Waals surface area contributed by atoms with Gasteiger partial charge in [0.1, 0.15) is 5.00 Å². The molecule has 3 heterocycles. The second-order valence-electron chi connectivity index (χ2n) is 8.31. The van der Waals surface area contributed by atoms with E-state index in [2.05, 4.69) is 52.3 Å². The number of methoxy groups -OCH3 is 1. The first kappa shape index (κ1) is 24.0. The molecule has 10 heteroatoms. The monoisotopic (exact) mass is 504 g/mol. The highest BCUT2D eigenvalue weighted by Crippen LogP contribution is 2.38. The number of amides is 1. The quantitative estimate of drug-likeness (QED) is 0.251. The van der Waals surface area contributed by atoms with E-state index in [0.717, 1.165) is 49.1 Å². The van der Waals surface area contributed by atoms with Crippen LogP contribution in [0.15, 0.2) is 16.6 Å². The summed E-state index contributed by atoms with van der Waals surface area (Å²) in [6.45, 7) is 6.23. The van der Waals surface area contributed by atoms with Crippen LogP contribution in [0.2, 0.25) is 0 Å². The molecule has 33 heavy (non-hydrogen) atoms. The summed E-state index contributed by atoms with van der Waals surface area (Å²) in [5, 5.41) is 15.1. The fourth-order valence-electron chi connectivity index (χ4n) is 4.04. The number of carbonyl (C=O) groups is 2. The Hall–Kier alpha value is -2.17. The maximum atomic E-state index is 12.9. The number of esters is 1. The summed E-state index contributed by atoms with van der Waals surface area (Å²) in [7, 11) is 1.38. The van der Waals surface area contributed by atoms with Crippen LogP contribution in [0.1, 0.15) is 64.8 Å². The zero-order chi connectivity index (χ0) is 23.5. The SMILES string of the molecule is COC(=O)c1c(NC(=O)CSc2nnc(-c3csc(C)c3)n2C(C)C)sc2c1CCCCC2. The average Bonchev–Trinajstić information content (AvgIpc) is 3.44. The van der Waals surface area contributed by atoms with Crippen molar-refractivity contribution < 1.29 is 14.3 Å². The Bertz CT molecular complexity index is 1160. The summed E-state index contributed by atoms with van der Waals surface area (Å²) >= 11 is 4.54. The molecule has 0 saturated carbocycles. The molecular weight excluding hydrogens is 476 g/mol. The average molecular weight is 505 g/mol. The van der Waals surface area contributed by atoms with E-state index in [-0.39, 0.29) is 23.7 Å². The van der Waals surface area contributed by atoms with Gasteiger partial charge in [-0.15, -0.1) is 32.9 Å². The number of carbonyl (C=O) groups excluding carboxylic acids is 2. The fraction of sp³-hybridized carbons (Fsp3) is 0.478. The number of rotatable bonds is 7. The second-order valence-corrected chi connectivity index (χ2v) is 11.5. The van der Waals surface area contributed by atoms with E-state index in [9.17, 15) is 9.59 Å². The molecule has 0 unspecified atom stereocenters. The van der Waals surface area contributed by atoms with Gasteiger partial charge in [0.2, 0.25) is 5.91 Å². The summed E-state index contributed by atoms with van der Waals surface area (Å²) in [6.07, 6.45) is 5.10. The van der Waals surface area contributed by atoms with Gasteiger partial charge in [0.25, 0.3) is 0 Å². The number of thioether (sulfide) groups is 1. The molecule has 1 aliphatic carbocycles. The number of aromatic nitrogens is 3. The minimum atomic E-state index is -0.382. The van der Waals surface area contributed by atoms with Crippen molar-refractivity contribution in [3.8, 4) is 11.4 Å². The van der Waals surface area contributed by atoms with E-state index >= 15 is 0 Å². The maximum absolute atomic E-state index is 12.9. The normalized spacial score (nSPS) is 13.6. The molecule has 1 N–H and O–H groups in total. The number of hydrogen-bond acceptors (Lipinski definition) is 8. The number of anilines is 1. The topological polar surface area (TPSA) is 86.1 Å². The van der Waals surface area contributed by atoms with E-state index < -0.39 is 0 Å². The smallest absolute Gasteiger partial charge is 0.341 e. The van der Waals surface area contributed by atoms with Crippen molar-refractivity contribution in [2.24, 2.45) is 0 Å². The second kappa shape index (κ2) is 10.4. The van der Waals surface area contributed by atoms with E-state index in [1.54, 1.807) is 11.3 Å². The van der Waals surface area contributed by atoms with Gasteiger partial charge in [-0.3, -0.25) is 9.36 Å². The van der Waals surface area contributed by atoms with E-state index in [0.29, 0.717) is 15.7 Å². The van der Waals surface area contributed by atoms with Gasteiger partial charge < -0.3 is 10.1 Å². The summed E-state index contributed by atoms with van der Waals surface area (Å²) in [4.78, 5) is 27.8. The predicted molar refractivity (Wildman–Crippen MR) is 135 cm³/mol. The number of ether oxygens (including phenoxy) is 1. The first-order valence-electron chi connectivity index (χ1n) is 11.0. The standard InChI is InChI=1S/C23H28N4O3S3/c1-13(2)27-20(15-10-14(3)31-11-15)25-26-23(27)32-12-18(28)24-21-19(22(29)30-4)16-8-6-5-7-9-17(16)33-21/h10-11,13H,5-9,12H2,1-4H3,(H,24,28). The Balaban J connectivity index is 1.51. The van der Waals surface area contributed by atoms with Gasteiger partial charge in [-0.1, -0.05) is 18.2 Å². The molecule has 1 amide bonds. The van der Waals surface area contributed by atoms with Crippen LogP contribution in [-0.2, 0) is 22.4 Å². The number of hydrogen-bond donors (Lipinski definition) is 1. The predicted octanol–water partition coefficient (Wildman–Crippen LogP) is 5.74. The third-order valence-corrected chi connectivity index (χ3v) is 8.58. The van der Waals surface area contributed by atoms with E-state index in [1.807, 2.05) is 0 Å². The molecule has 0 radical (unpaired) electrons. The van der Waals surface area contributed by atoms with Crippen molar-refractivity contribution in [2.75, 3.05) is 18.2 Å². The molecule has 1 aliphatic rings. The van der Waals surface area contributed by atoms with Crippen LogP contribution in [0.5, 0.6) is 0 Å². The number of thiophene rings is 2. The lowest BCUT2D eigenvalue weighted by Gasteiger charge is -2.13. The number of aryl methyl sites for hydroxylation is 2. The van der Waals surface area contributed by atoms with E-state index in [4.69, 9.17) is 4.74 Å². The minimum Gasteiger partial charge on any atom is -0.465 e. The van der Waals surface area contributed by atoms with Crippen molar-refractivity contribution in [3.63, 3.8) is 0 Å².